The molecular formula is C8F18O3S. The van der Waals surface area contributed by atoms with Crippen molar-refractivity contribution in [3.05, 3.63) is 0 Å². The second-order valence-corrected chi connectivity index (χ2v) is 6.52. The van der Waals surface area contributed by atoms with E-state index in [1.54, 1.807) is 0 Å². The predicted octanol–water partition coefficient (Wildman–Crippen LogP) is 5.18. The van der Waals surface area contributed by atoms with E-state index in [4.69, 9.17) is 0 Å². The van der Waals surface area contributed by atoms with Crippen LogP contribution in [0.4, 0.5) is 79.2 Å². The fraction of sp³-hybridized carbons (Fsp3) is 1.00. The molecule has 0 aliphatic carbocycles. The third-order valence-corrected chi connectivity index (χ3v) is 4.14. The van der Waals surface area contributed by atoms with Crippen LogP contribution in [0.15, 0.2) is 0 Å². The SMILES string of the molecule is O=S(=O)(OF)C(F)(F)C(F)(F)C(F)(F)C(F)(F)C(F)(F)C(F)(F)C(F)(F)C(F)(F)F. The van der Waals surface area contributed by atoms with Crippen molar-refractivity contribution in [2.45, 2.75) is 47.0 Å². The third kappa shape index (κ3) is 3.23. The number of hydrogen-bond acceptors (Lipinski definition) is 3. The van der Waals surface area contributed by atoms with Crippen molar-refractivity contribution >= 4 is 10.1 Å². The molecule has 0 radical (unpaired) electrons. The lowest BCUT2D eigenvalue weighted by Gasteiger charge is -2.42. The predicted molar refractivity (Wildman–Crippen MR) is 51.8 cm³/mol. The normalized spacial score (nSPS) is 16.7. The van der Waals surface area contributed by atoms with Crippen LogP contribution in [0.1, 0.15) is 0 Å². The zero-order valence-electron chi connectivity index (χ0n) is 12.4. The molecule has 182 valence electrons. The molecular weight excluding hydrogens is 518 g/mol. The van der Waals surface area contributed by atoms with Crippen molar-refractivity contribution in [1.82, 2.24) is 0 Å². The van der Waals surface area contributed by atoms with E-state index in [0.717, 1.165) is 4.39 Å². The number of rotatable bonds is 8. The van der Waals surface area contributed by atoms with Crippen LogP contribution in [0, 0.1) is 0 Å². The Morgan fingerprint density at radius 2 is 0.667 bits per heavy atom. The minimum atomic E-state index is -8.96. The Morgan fingerprint density at radius 1 is 0.433 bits per heavy atom. The van der Waals surface area contributed by atoms with Crippen molar-refractivity contribution in [1.29, 1.82) is 0 Å². The van der Waals surface area contributed by atoms with E-state index in [0.29, 0.717) is 0 Å². The quantitative estimate of drug-likeness (QED) is 0.416. The molecule has 0 N–H and O–H groups in total. The monoisotopic (exact) mass is 518 g/mol. The van der Waals surface area contributed by atoms with Gasteiger partial charge in [0.2, 0.25) is 0 Å². The Balaban J connectivity index is 6.93. The van der Waals surface area contributed by atoms with E-state index in [9.17, 15) is 87.6 Å². The molecule has 0 fully saturated rings. The lowest BCUT2D eigenvalue weighted by molar-refractivity contribution is -0.458. The van der Waals surface area contributed by atoms with Gasteiger partial charge in [-0.2, -0.15) is 83.1 Å². The Morgan fingerprint density at radius 3 is 0.900 bits per heavy atom. The minimum Gasteiger partial charge on any atom is -0.192 e. The molecule has 0 bridgehead atoms. The second kappa shape index (κ2) is 6.82. The Bertz CT molecular complexity index is 748. The first-order valence-electron chi connectivity index (χ1n) is 5.82. The standard InChI is InChI=1S/C8F18O3S/c9-1(10,3(13,14)5(17,18)7(21,22)23)2(11,12)4(15,16)6(19,20)8(24,25)30(27,28)29-26. The molecule has 0 aromatic heterocycles. The molecule has 0 aliphatic heterocycles. The molecule has 0 rings (SSSR count). The van der Waals surface area contributed by atoms with E-state index in [2.05, 4.69) is 0 Å². The van der Waals surface area contributed by atoms with Gasteiger partial charge in [-0.25, -0.2) is 0 Å². The third-order valence-electron chi connectivity index (χ3n) is 3.09. The molecule has 0 aromatic carbocycles. The maximum atomic E-state index is 13.1. The summed E-state index contributed by atoms with van der Waals surface area (Å²) < 4.78 is 249. The first-order valence-corrected chi connectivity index (χ1v) is 7.23. The van der Waals surface area contributed by atoms with Gasteiger partial charge in [-0.1, -0.05) is 4.39 Å². The number of alkyl halides is 17. The highest BCUT2D eigenvalue weighted by molar-refractivity contribution is 7.87. The summed E-state index contributed by atoms with van der Waals surface area (Å²) in [6.07, 6.45) is -7.91. The summed E-state index contributed by atoms with van der Waals surface area (Å²) in [4.78, 5) is 0. The van der Waals surface area contributed by atoms with Gasteiger partial charge in [0.05, 0.1) is 0 Å². The minimum absolute atomic E-state index is 1.11. The molecule has 30 heavy (non-hydrogen) atoms. The van der Waals surface area contributed by atoms with Gasteiger partial charge in [0.1, 0.15) is 0 Å². The van der Waals surface area contributed by atoms with Gasteiger partial charge in [-0.15, -0.1) is 0 Å². The van der Waals surface area contributed by atoms with E-state index < -0.39 is 57.1 Å². The zero-order valence-corrected chi connectivity index (χ0v) is 13.3. The number of hydrogen-bond donors (Lipinski definition) is 0. The highest BCUT2D eigenvalue weighted by Gasteiger charge is 2.96. The molecule has 0 heterocycles. The highest BCUT2D eigenvalue weighted by atomic mass is 32.2. The first kappa shape index (κ1) is 28.6. The fourth-order valence-electron chi connectivity index (χ4n) is 1.35. The first-order chi connectivity index (χ1) is 12.6. The molecule has 0 atom stereocenters. The van der Waals surface area contributed by atoms with Crippen LogP contribution in [0.25, 0.3) is 0 Å². The van der Waals surface area contributed by atoms with E-state index >= 15 is 0 Å². The van der Waals surface area contributed by atoms with Gasteiger partial charge < -0.3 is 0 Å². The maximum absolute atomic E-state index is 13.1. The van der Waals surface area contributed by atoms with Crippen LogP contribution in [-0.2, 0) is 14.5 Å². The van der Waals surface area contributed by atoms with Crippen LogP contribution < -0.4 is 0 Å². The second-order valence-electron chi connectivity index (χ2n) is 4.98. The Labute approximate surface area is 150 Å². The van der Waals surface area contributed by atoms with Gasteiger partial charge in [-0.05, 0) is 4.53 Å². The highest BCUT2D eigenvalue weighted by Crippen LogP contribution is 2.64. The van der Waals surface area contributed by atoms with Crippen LogP contribution in [0.2, 0.25) is 0 Å². The molecule has 0 unspecified atom stereocenters. The van der Waals surface area contributed by atoms with Crippen molar-refractivity contribution in [3.8, 4) is 0 Å². The molecule has 0 aliphatic rings. The van der Waals surface area contributed by atoms with Crippen molar-refractivity contribution in [2.24, 2.45) is 0 Å². The van der Waals surface area contributed by atoms with E-state index in [1.807, 2.05) is 0 Å². The molecule has 0 saturated heterocycles. The van der Waals surface area contributed by atoms with Crippen LogP contribution >= 0.6 is 0 Å². The molecule has 0 amide bonds. The fourth-order valence-corrected chi connectivity index (χ4v) is 1.87. The summed E-state index contributed by atoms with van der Waals surface area (Å²) in [6.45, 7) is 0. The van der Waals surface area contributed by atoms with Crippen molar-refractivity contribution in [2.75, 3.05) is 0 Å². The summed E-state index contributed by atoms with van der Waals surface area (Å²) in [5, 5.41) is -7.99. The average Bonchev–Trinajstić information content (AvgIpc) is 2.52. The lowest BCUT2D eigenvalue weighted by atomic mass is 9.91. The maximum Gasteiger partial charge on any atom is 0.460 e. The molecule has 0 saturated carbocycles. The molecule has 22 heteroatoms. The van der Waals surface area contributed by atoms with Gasteiger partial charge in [0.15, 0.2) is 0 Å². The topological polar surface area (TPSA) is 43.4 Å². The Hall–Kier alpha value is -1.35. The smallest absolute Gasteiger partial charge is 0.192 e. The van der Waals surface area contributed by atoms with E-state index in [-0.39, 0.29) is 0 Å². The summed E-state index contributed by atoms with van der Waals surface area (Å²) >= 11 is 0. The van der Waals surface area contributed by atoms with Gasteiger partial charge in [0.25, 0.3) is 0 Å². The summed E-state index contributed by atoms with van der Waals surface area (Å²) in [7, 11) is -8.06. The van der Waals surface area contributed by atoms with Crippen LogP contribution in [0.3, 0.4) is 0 Å². The summed E-state index contributed by atoms with van der Waals surface area (Å²) in [6, 6.07) is 0. The van der Waals surface area contributed by atoms with Crippen molar-refractivity contribution < 1.29 is 92.0 Å². The van der Waals surface area contributed by atoms with Crippen LogP contribution in [0.5, 0.6) is 0 Å². The number of halogens is 18. The summed E-state index contributed by atoms with van der Waals surface area (Å²) in [5.74, 6) is -52.4. The summed E-state index contributed by atoms with van der Waals surface area (Å²) in [5.41, 5.74) is 0. The molecule has 0 aromatic rings. The zero-order chi connectivity index (χ0) is 25.2. The van der Waals surface area contributed by atoms with Crippen LogP contribution in [-0.4, -0.2) is 55.4 Å². The molecule has 0 spiro atoms. The lowest BCUT2D eigenvalue weighted by Crippen LogP contribution is -2.75. The van der Waals surface area contributed by atoms with Gasteiger partial charge in [0, 0.05) is 0 Å². The Kier molecular flexibility index (Phi) is 6.52. The average molecular weight is 518 g/mol. The van der Waals surface area contributed by atoms with Gasteiger partial charge in [-0.3, -0.25) is 0 Å². The van der Waals surface area contributed by atoms with Crippen molar-refractivity contribution in [3.63, 3.8) is 0 Å². The molecule has 3 nitrogen and oxygen atoms in total. The van der Waals surface area contributed by atoms with E-state index in [1.165, 1.54) is 0 Å². The van der Waals surface area contributed by atoms with Gasteiger partial charge >= 0.3 is 57.1 Å². The largest absolute Gasteiger partial charge is 0.460 e.